The molecule has 6 heteroatoms. The lowest BCUT2D eigenvalue weighted by atomic mass is 10.2. The van der Waals surface area contributed by atoms with Gasteiger partial charge in [-0.2, -0.15) is 0 Å². The highest BCUT2D eigenvalue weighted by Crippen LogP contribution is 2.30. The summed E-state index contributed by atoms with van der Waals surface area (Å²) in [7, 11) is 0. The van der Waals surface area contributed by atoms with Crippen LogP contribution in [0.1, 0.15) is 19.5 Å². The summed E-state index contributed by atoms with van der Waals surface area (Å²) in [5, 5.41) is 7.68. The molecule has 1 heterocycles. The predicted octanol–water partition coefficient (Wildman–Crippen LogP) is 4.38. The molecule has 2 amide bonds. The van der Waals surface area contributed by atoms with Gasteiger partial charge in [-0.15, -0.1) is 11.3 Å². The summed E-state index contributed by atoms with van der Waals surface area (Å²) < 4.78 is 1.03. The minimum absolute atomic E-state index is 0.167. The molecule has 2 aromatic rings. The zero-order chi connectivity index (χ0) is 15.2. The molecule has 2 rings (SSSR count). The van der Waals surface area contributed by atoms with Gasteiger partial charge in [-0.05, 0) is 37.1 Å². The Bertz CT molecular complexity index is 593. The summed E-state index contributed by atoms with van der Waals surface area (Å²) in [5.74, 6) is 0.441. The number of hydrogen-bond acceptors (Lipinski definition) is 4. The van der Waals surface area contributed by atoms with Gasteiger partial charge in [-0.25, -0.2) is 9.78 Å². The van der Waals surface area contributed by atoms with Gasteiger partial charge in [0.15, 0.2) is 4.34 Å². The Balaban J connectivity index is 1.88. The first-order valence-corrected chi connectivity index (χ1v) is 8.47. The number of benzene rings is 1. The first-order chi connectivity index (χ1) is 10.0. The number of hydrogen-bond donors (Lipinski definition) is 2. The molecule has 0 fully saturated rings. The lowest BCUT2D eigenvalue weighted by molar-refractivity contribution is 0.251. The number of aryl methyl sites for hydroxylation is 1. The van der Waals surface area contributed by atoms with Gasteiger partial charge >= 0.3 is 6.03 Å². The molecule has 21 heavy (non-hydrogen) atoms. The van der Waals surface area contributed by atoms with Crippen LogP contribution in [0.3, 0.4) is 0 Å². The standard InChI is InChI=1S/C15H19N3OS2/c1-10(2)8-16-14(19)18-12-4-6-13(7-5-12)21-15-17-11(3)9-20-15/h4-7,9-10H,8H2,1-3H3,(H2,16,18,19). The Morgan fingerprint density at radius 1 is 1.33 bits per heavy atom. The molecule has 0 saturated carbocycles. The molecule has 0 bridgehead atoms. The molecule has 0 saturated heterocycles. The smallest absolute Gasteiger partial charge is 0.319 e. The molecule has 112 valence electrons. The van der Waals surface area contributed by atoms with Gasteiger partial charge in [0.1, 0.15) is 0 Å². The van der Waals surface area contributed by atoms with Crippen LogP contribution in [0.15, 0.2) is 38.9 Å². The Morgan fingerprint density at radius 3 is 2.62 bits per heavy atom. The highest BCUT2D eigenvalue weighted by molar-refractivity contribution is 8.01. The summed E-state index contributed by atoms with van der Waals surface area (Å²) >= 11 is 3.27. The first kappa shape index (κ1) is 15.9. The van der Waals surface area contributed by atoms with Crippen LogP contribution >= 0.6 is 23.1 Å². The molecule has 0 atom stereocenters. The lowest BCUT2D eigenvalue weighted by Crippen LogP contribution is -2.31. The molecule has 4 nitrogen and oxygen atoms in total. The minimum atomic E-state index is -0.167. The van der Waals surface area contributed by atoms with Crippen molar-refractivity contribution in [2.45, 2.75) is 30.0 Å². The molecule has 0 aliphatic rings. The normalized spacial score (nSPS) is 10.7. The topological polar surface area (TPSA) is 54.0 Å². The molecular formula is C15H19N3OS2. The third kappa shape index (κ3) is 5.40. The Labute approximate surface area is 133 Å². The number of thiazole rings is 1. The quantitative estimate of drug-likeness (QED) is 0.859. The van der Waals surface area contributed by atoms with Crippen LogP contribution in [0.2, 0.25) is 0 Å². The van der Waals surface area contributed by atoms with Gasteiger partial charge in [-0.1, -0.05) is 25.6 Å². The molecule has 1 aromatic heterocycles. The summed E-state index contributed by atoms with van der Waals surface area (Å²) in [4.78, 5) is 17.2. The van der Waals surface area contributed by atoms with Crippen molar-refractivity contribution in [3.63, 3.8) is 0 Å². The number of rotatable bonds is 5. The Hall–Kier alpha value is -1.53. The third-order valence-electron chi connectivity index (χ3n) is 2.59. The first-order valence-electron chi connectivity index (χ1n) is 6.78. The average Bonchev–Trinajstić information content (AvgIpc) is 2.84. The fourth-order valence-electron chi connectivity index (χ4n) is 1.56. The van der Waals surface area contributed by atoms with Crippen LogP contribution in [0, 0.1) is 12.8 Å². The van der Waals surface area contributed by atoms with Crippen molar-refractivity contribution < 1.29 is 4.79 Å². The van der Waals surface area contributed by atoms with E-state index < -0.39 is 0 Å². The van der Waals surface area contributed by atoms with E-state index in [2.05, 4.69) is 29.5 Å². The van der Waals surface area contributed by atoms with Crippen molar-refractivity contribution in [1.29, 1.82) is 0 Å². The van der Waals surface area contributed by atoms with Crippen molar-refractivity contribution >= 4 is 34.8 Å². The number of carbonyl (C=O) groups is 1. The largest absolute Gasteiger partial charge is 0.338 e. The van der Waals surface area contributed by atoms with Gasteiger partial charge in [0.25, 0.3) is 0 Å². The number of anilines is 1. The molecule has 0 aliphatic heterocycles. The maximum absolute atomic E-state index is 11.7. The lowest BCUT2D eigenvalue weighted by Gasteiger charge is -2.09. The van der Waals surface area contributed by atoms with Crippen molar-refractivity contribution in [3.8, 4) is 0 Å². The summed E-state index contributed by atoms with van der Waals surface area (Å²) in [6.07, 6.45) is 0. The van der Waals surface area contributed by atoms with Gasteiger partial charge in [-0.3, -0.25) is 0 Å². The van der Waals surface area contributed by atoms with Crippen molar-refractivity contribution in [1.82, 2.24) is 10.3 Å². The highest BCUT2D eigenvalue weighted by atomic mass is 32.2. The van der Waals surface area contributed by atoms with Gasteiger partial charge in [0.2, 0.25) is 0 Å². The summed E-state index contributed by atoms with van der Waals surface area (Å²) in [5.41, 5.74) is 1.83. The van der Waals surface area contributed by atoms with E-state index in [1.807, 2.05) is 36.6 Å². The SMILES string of the molecule is Cc1csc(Sc2ccc(NC(=O)NCC(C)C)cc2)n1. The number of aromatic nitrogens is 1. The molecule has 2 N–H and O–H groups in total. The van der Waals surface area contributed by atoms with E-state index in [4.69, 9.17) is 0 Å². The average molecular weight is 321 g/mol. The predicted molar refractivity (Wildman–Crippen MR) is 89.3 cm³/mol. The van der Waals surface area contributed by atoms with Crippen molar-refractivity contribution in [2.24, 2.45) is 5.92 Å². The van der Waals surface area contributed by atoms with E-state index in [9.17, 15) is 4.79 Å². The second-order valence-corrected chi connectivity index (χ2v) is 7.29. The molecule has 0 spiro atoms. The monoisotopic (exact) mass is 321 g/mol. The van der Waals surface area contributed by atoms with E-state index >= 15 is 0 Å². The second kappa shape index (κ2) is 7.47. The van der Waals surface area contributed by atoms with E-state index in [1.54, 1.807) is 23.1 Å². The van der Waals surface area contributed by atoms with Gasteiger partial charge in [0, 0.05) is 28.2 Å². The van der Waals surface area contributed by atoms with Crippen LogP contribution in [0.4, 0.5) is 10.5 Å². The summed E-state index contributed by atoms with van der Waals surface area (Å²) in [6, 6.07) is 7.61. The van der Waals surface area contributed by atoms with E-state index in [1.165, 1.54) is 0 Å². The Morgan fingerprint density at radius 2 is 2.05 bits per heavy atom. The van der Waals surface area contributed by atoms with Gasteiger partial charge < -0.3 is 10.6 Å². The molecule has 1 aromatic carbocycles. The zero-order valence-corrected chi connectivity index (χ0v) is 14.0. The zero-order valence-electron chi connectivity index (χ0n) is 12.3. The number of urea groups is 1. The van der Waals surface area contributed by atoms with E-state index in [-0.39, 0.29) is 6.03 Å². The molecule has 0 unspecified atom stereocenters. The maximum Gasteiger partial charge on any atom is 0.319 e. The van der Waals surface area contributed by atoms with Crippen molar-refractivity contribution in [2.75, 3.05) is 11.9 Å². The molecular weight excluding hydrogens is 302 g/mol. The number of nitrogens with zero attached hydrogens (tertiary/aromatic N) is 1. The second-order valence-electron chi connectivity index (χ2n) is 5.11. The van der Waals surface area contributed by atoms with Crippen molar-refractivity contribution in [3.05, 3.63) is 35.3 Å². The van der Waals surface area contributed by atoms with Gasteiger partial charge in [0.05, 0.1) is 0 Å². The fourth-order valence-corrected chi connectivity index (χ4v) is 3.37. The number of nitrogens with one attached hydrogen (secondary N) is 2. The van der Waals surface area contributed by atoms with Crippen LogP contribution < -0.4 is 10.6 Å². The Kier molecular flexibility index (Phi) is 5.64. The number of amides is 2. The van der Waals surface area contributed by atoms with Crippen LogP contribution in [0.25, 0.3) is 0 Å². The summed E-state index contributed by atoms with van der Waals surface area (Å²) in [6.45, 7) is 6.78. The third-order valence-corrected chi connectivity index (χ3v) is 4.65. The van der Waals surface area contributed by atoms with E-state index in [0.717, 1.165) is 20.6 Å². The highest BCUT2D eigenvalue weighted by Gasteiger charge is 2.04. The van der Waals surface area contributed by atoms with Crippen LogP contribution in [0.5, 0.6) is 0 Å². The number of carbonyl (C=O) groups excluding carboxylic acids is 1. The van der Waals surface area contributed by atoms with Crippen LogP contribution in [-0.2, 0) is 0 Å². The molecule has 0 radical (unpaired) electrons. The van der Waals surface area contributed by atoms with Crippen LogP contribution in [-0.4, -0.2) is 17.6 Å². The van der Waals surface area contributed by atoms with E-state index in [0.29, 0.717) is 12.5 Å². The minimum Gasteiger partial charge on any atom is -0.338 e. The molecule has 0 aliphatic carbocycles. The fraction of sp³-hybridized carbons (Fsp3) is 0.333. The maximum atomic E-state index is 11.7.